The van der Waals surface area contributed by atoms with Gasteiger partial charge < -0.3 is 15.0 Å². The summed E-state index contributed by atoms with van der Waals surface area (Å²) >= 11 is 0. The molecule has 4 rings (SSSR count). The van der Waals surface area contributed by atoms with Crippen LogP contribution in [-0.4, -0.2) is 32.4 Å². The van der Waals surface area contributed by atoms with Gasteiger partial charge in [-0.05, 0) is 62.2 Å². The standard InChI is InChI=1S/C20H21N3O5S/c1-11-8-14-9-16(5-6-18(14)23(11)13(3)24)29(26,27)22-15-4-7-19-17(10-15)21-20(25)12(2)28-19/h4-7,9-12,22H,8H2,1-3H3,(H,21,25)/t11-,12+/m1/s1. The van der Waals surface area contributed by atoms with E-state index in [1.165, 1.54) is 19.1 Å². The Morgan fingerprint density at radius 2 is 1.97 bits per heavy atom. The number of fused-ring (bicyclic) bond motifs is 2. The van der Waals surface area contributed by atoms with Crippen LogP contribution in [0.15, 0.2) is 41.3 Å². The molecular weight excluding hydrogens is 394 g/mol. The average Bonchev–Trinajstić information content (AvgIpc) is 2.97. The predicted octanol–water partition coefficient (Wildman–Crippen LogP) is 2.50. The topological polar surface area (TPSA) is 105 Å². The smallest absolute Gasteiger partial charge is 0.265 e. The van der Waals surface area contributed by atoms with Gasteiger partial charge in [0.1, 0.15) is 5.75 Å². The third-order valence-corrected chi connectivity index (χ3v) is 6.46. The second-order valence-corrected chi connectivity index (χ2v) is 8.98. The van der Waals surface area contributed by atoms with Gasteiger partial charge in [-0.3, -0.25) is 14.3 Å². The van der Waals surface area contributed by atoms with Crippen molar-refractivity contribution in [2.75, 3.05) is 14.9 Å². The molecule has 0 spiro atoms. The molecule has 2 aromatic carbocycles. The first kappa shape index (κ1) is 19.3. The molecule has 8 nitrogen and oxygen atoms in total. The number of hydrogen-bond acceptors (Lipinski definition) is 5. The van der Waals surface area contributed by atoms with Crippen LogP contribution in [0.2, 0.25) is 0 Å². The molecule has 0 radical (unpaired) electrons. The van der Waals surface area contributed by atoms with Crippen LogP contribution in [0.3, 0.4) is 0 Å². The Hall–Kier alpha value is -3.07. The largest absolute Gasteiger partial charge is 0.479 e. The number of hydrogen-bond donors (Lipinski definition) is 2. The fourth-order valence-electron chi connectivity index (χ4n) is 3.74. The molecule has 9 heteroatoms. The van der Waals surface area contributed by atoms with E-state index < -0.39 is 16.1 Å². The molecule has 0 unspecified atom stereocenters. The maximum atomic E-state index is 12.9. The molecule has 2 heterocycles. The molecule has 0 aromatic heterocycles. The van der Waals surface area contributed by atoms with Crippen LogP contribution in [0.5, 0.6) is 5.75 Å². The van der Waals surface area contributed by atoms with Crippen molar-refractivity contribution in [2.45, 2.75) is 44.2 Å². The molecule has 0 fully saturated rings. The van der Waals surface area contributed by atoms with E-state index in [0.29, 0.717) is 23.5 Å². The molecule has 0 bridgehead atoms. The van der Waals surface area contributed by atoms with Gasteiger partial charge in [-0.2, -0.15) is 0 Å². The first-order valence-electron chi connectivity index (χ1n) is 9.23. The Balaban J connectivity index is 1.61. The second kappa shape index (κ2) is 6.77. The van der Waals surface area contributed by atoms with Crippen LogP contribution in [0.25, 0.3) is 0 Å². The van der Waals surface area contributed by atoms with Gasteiger partial charge in [-0.1, -0.05) is 0 Å². The number of amides is 2. The van der Waals surface area contributed by atoms with Crippen molar-refractivity contribution in [3.8, 4) is 5.75 Å². The van der Waals surface area contributed by atoms with Crippen LogP contribution in [0, 0.1) is 0 Å². The molecule has 2 aliphatic rings. The minimum Gasteiger partial charge on any atom is -0.479 e. The van der Waals surface area contributed by atoms with E-state index in [9.17, 15) is 18.0 Å². The Morgan fingerprint density at radius 1 is 1.21 bits per heavy atom. The number of nitrogens with one attached hydrogen (secondary N) is 2. The first-order chi connectivity index (χ1) is 13.7. The van der Waals surface area contributed by atoms with Gasteiger partial charge in [0.2, 0.25) is 5.91 Å². The minimum absolute atomic E-state index is 0.0138. The molecule has 29 heavy (non-hydrogen) atoms. The Bertz CT molecular complexity index is 1130. The third kappa shape index (κ3) is 3.42. The number of sulfonamides is 1. The molecule has 152 valence electrons. The molecular formula is C20H21N3O5S. The van der Waals surface area contributed by atoms with E-state index in [-0.39, 0.29) is 22.8 Å². The molecule has 2 aliphatic heterocycles. The highest BCUT2D eigenvalue weighted by Crippen LogP contribution is 2.35. The summed E-state index contributed by atoms with van der Waals surface area (Å²) in [6, 6.07) is 9.44. The molecule has 2 N–H and O–H groups in total. The number of carbonyl (C=O) groups excluding carboxylic acids is 2. The maximum Gasteiger partial charge on any atom is 0.265 e. The zero-order valence-electron chi connectivity index (χ0n) is 16.2. The molecule has 2 atom stereocenters. The molecule has 0 saturated heterocycles. The monoisotopic (exact) mass is 415 g/mol. The maximum absolute atomic E-state index is 12.9. The number of carbonyl (C=O) groups is 2. The lowest BCUT2D eigenvalue weighted by Crippen LogP contribution is -2.34. The van der Waals surface area contributed by atoms with Gasteiger partial charge >= 0.3 is 0 Å². The summed E-state index contributed by atoms with van der Waals surface area (Å²) in [6.07, 6.45) is -0.00741. The van der Waals surface area contributed by atoms with Crippen molar-refractivity contribution in [1.29, 1.82) is 0 Å². The Morgan fingerprint density at radius 3 is 2.69 bits per heavy atom. The normalized spacial score (nSPS) is 20.4. The highest BCUT2D eigenvalue weighted by Gasteiger charge is 2.30. The lowest BCUT2D eigenvalue weighted by Gasteiger charge is -2.23. The van der Waals surface area contributed by atoms with E-state index in [4.69, 9.17) is 4.74 Å². The Labute approximate surface area is 168 Å². The Kier molecular flexibility index (Phi) is 4.49. The zero-order chi connectivity index (χ0) is 20.9. The van der Waals surface area contributed by atoms with E-state index in [1.807, 2.05) is 6.92 Å². The van der Waals surface area contributed by atoms with E-state index >= 15 is 0 Å². The highest BCUT2D eigenvalue weighted by atomic mass is 32.2. The van der Waals surface area contributed by atoms with Crippen molar-refractivity contribution in [3.63, 3.8) is 0 Å². The summed E-state index contributed by atoms with van der Waals surface area (Å²) in [5, 5.41) is 2.69. The number of rotatable bonds is 3. The van der Waals surface area contributed by atoms with Crippen LogP contribution < -0.4 is 19.7 Å². The molecule has 2 aromatic rings. The van der Waals surface area contributed by atoms with Crippen LogP contribution >= 0.6 is 0 Å². The summed E-state index contributed by atoms with van der Waals surface area (Å²) in [7, 11) is -3.85. The van der Waals surface area contributed by atoms with Gasteiger partial charge in [0.05, 0.1) is 16.3 Å². The SMILES string of the molecule is CC(=O)N1c2ccc(S(=O)(=O)Nc3ccc4c(c3)NC(=O)[C@H](C)O4)cc2C[C@H]1C. The van der Waals surface area contributed by atoms with Gasteiger partial charge in [0.15, 0.2) is 6.10 Å². The summed E-state index contributed by atoms with van der Waals surface area (Å²) in [6.45, 7) is 5.06. The summed E-state index contributed by atoms with van der Waals surface area (Å²) < 4.78 is 33.8. The van der Waals surface area contributed by atoms with Crippen molar-refractivity contribution < 1.29 is 22.7 Å². The van der Waals surface area contributed by atoms with E-state index in [1.54, 1.807) is 36.1 Å². The van der Waals surface area contributed by atoms with Gasteiger partial charge in [0.25, 0.3) is 15.9 Å². The molecule has 2 amide bonds. The lowest BCUT2D eigenvalue weighted by molar-refractivity contribution is -0.122. The van der Waals surface area contributed by atoms with Crippen molar-refractivity contribution in [1.82, 2.24) is 0 Å². The fraction of sp³-hybridized carbons (Fsp3) is 0.300. The third-order valence-electron chi connectivity index (χ3n) is 5.08. The highest BCUT2D eigenvalue weighted by molar-refractivity contribution is 7.92. The lowest BCUT2D eigenvalue weighted by atomic mass is 10.1. The number of ether oxygens (including phenoxy) is 1. The number of benzene rings is 2. The van der Waals surface area contributed by atoms with Crippen molar-refractivity contribution in [3.05, 3.63) is 42.0 Å². The minimum atomic E-state index is -3.85. The van der Waals surface area contributed by atoms with Crippen molar-refractivity contribution in [2.24, 2.45) is 0 Å². The predicted molar refractivity (Wildman–Crippen MR) is 109 cm³/mol. The van der Waals surface area contributed by atoms with Crippen LogP contribution in [0.4, 0.5) is 17.1 Å². The quantitative estimate of drug-likeness (QED) is 0.801. The van der Waals surface area contributed by atoms with Gasteiger partial charge in [-0.25, -0.2) is 8.42 Å². The van der Waals surface area contributed by atoms with Crippen molar-refractivity contribution >= 4 is 38.9 Å². The summed E-state index contributed by atoms with van der Waals surface area (Å²) in [5.74, 6) is 0.119. The average molecular weight is 415 g/mol. The van der Waals surface area contributed by atoms with E-state index in [0.717, 1.165) is 11.3 Å². The fourth-order valence-corrected chi connectivity index (χ4v) is 4.84. The van der Waals surface area contributed by atoms with Gasteiger partial charge in [0, 0.05) is 18.7 Å². The summed E-state index contributed by atoms with van der Waals surface area (Å²) in [5.41, 5.74) is 2.27. The van der Waals surface area contributed by atoms with E-state index in [2.05, 4.69) is 10.0 Å². The number of anilines is 3. The second-order valence-electron chi connectivity index (χ2n) is 7.30. The van der Waals surface area contributed by atoms with Gasteiger partial charge in [-0.15, -0.1) is 0 Å². The molecule has 0 aliphatic carbocycles. The van der Waals surface area contributed by atoms with Crippen LogP contribution in [0.1, 0.15) is 26.3 Å². The van der Waals surface area contributed by atoms with Crippen LogP contribution in [-0.2, 0) is 26.0 Å². The number of nitrogens with zero attached hydrogens (tertiary/aromatic N) is 1. The summed E-state index contributed by atoms with van der Waals surface area (Å²) in [4.78, 5) is 25.4. The molecule has 0 saturated carbocycles. The zero-order valence-corrected chi connectivity index (χ0v) is 17.0. The first-order valence-corrected chi connectivity index (χ1v) is 10.7.